The second-order valence-electron chi connectivity index (χ2n) is 7.20. The number of carbonyl (C=O) groups is 1. The first-order chi connectivity index (χ1) is 12.8. The second-order valence-corrected chi connectivity index (χ2v) is 8.28. The van der Waals surface area contributed by atoms with Crippen molar-refractivity contribution in [2.24, 2.45) is 5.92 Å². The number of likely N-dealkylation sites (tertiary alicyclic amines) is 1. The van der Waals surface area contributed by atoms with E-state index in [1.54, 1.807) is 6.92 Å². The summed E-state index contributed by atoms with van der Waals surface area (Å²) in [6.07, 6.45) is 2.45. The van der Waals surface area contributed by atoms with Crippen LogP contribution in [0.15, 0.2) is 18.2 Å². The number of nitro groups is 1. The van der Waals surface area contributed by atoms with Crippen molar-refractivity contribution in [3.8, 4) is 0 Å². The van der Waals surface area contributed by atoms with Crippen LogP contribution in [0.5, 0.6) is 0 Å². The summed E-state index contributed by atoms with van der Waals surface area (Å²) in [6, 6.07) is 4.36. The molecule has 0 unspecified atom stereocenters. The lowest BCUT2D eigenvalue weighted by atomic mass is 9.99. The Labute approximate surface area is 162 Å². The number of hydrogen-bond donors (Lipinski definition) is 1. The molecule has 1 aromatic heterocycles. The highest BCUT2D eigenvalue weighted by Gasteiger charge is 2.19. The zero-order valence-electron chi connectivity index (χ0n) is 15.8. The van der Waals surface area contributed by atoms with Gasteiger partial charge in [-0.1, -0.05) is 6.92 Å². The zero-order valence-corrected chi connectivity index (χ0v) is 16.6. The predicted octanol–water partition coefficient (Wildman–Crippen LogP) is 4.15. The Kier molecular flexibility index (Phi) is 5.86. The number of aryl methyl sites for hydroxylation is 2. The standard InChI is InChI=1S/C19H24N4O3S/c1-12-6-8-22(9-7-12)11-17-14(3)20-19(27-17)21-18(24)15-4-5-16(23(25)26)13(2)10-15/h4-5,10,12H,6-9,11H2,1-3H3,(H,20,21,24). The highest BCUT2D eigenvalue weighted by atomic mass is 32.1. The summed E-state index contributed by atoms with van der Waals surface area (Å²) >= 11 is 1.50. The van der Waals surface area contributed by atoms with Crippen LogP contribution in [-0.2, 0) is 6.54 Å². The Morgan fingerprint density at radius 1 is 1.37 bits per heavy atom. The summed E-state index contributed by atoms with van der Waals surface area (Å²) in [7, 11) is 0. The van der Waals surface area contributed by atoms with E-state index in [1.807, 2.05) is 6.92 Å². The van der Waals surface area contributed by atoms with E-state index in [0.717, 1.165) is 31.2 Å². The number of piperidine rings is 1. The largest absolute Gasteiger partial charge is 0.298 e. The summed E-state index contributed by atoms with van der Waals surface area (Å²) < 4.78 is 0. The van der Waals surface area contributed by atoms with E-state index in [-0.39, 0.29) is 11.6 Å². The Morgan fingerprint density at radius 2 is 2.07 bits per heavy atom. The molecule has 2 aromatic rings. The summed E-state index contributed by atoms with van der Waals surface area (Å²) in [5, 5.41) is 14.3. The van der Waals surface area contributed by atoms with Gasteiger partial charge in [-0.3, -0.25) is 25.1 Å². The summed E-state index contributed by atoms with van der Waals surface area (Å²) in [5.74, 6) is 0.490. The van der Waals surface area contributed by atoms with Crippen molar-refractivity contribution in [2.45, 2.75) is 40.2 Å². The number of carbonyl (C=O) groups excluding carboxylic acids is 1. The molecule has 0 bridgehead atoms. The van der Waals surface area contributed by atoms with E-state index in [4.69, 9.17) is 0 Å². The first-order valence-electron chi connectivity index (χ1n) is 9.08. The molecule has 2 heterocycles. The van der Waals surface area contributed by atoms with Gasteiger partial charge >= 0.3 is 0 Å². The second kappa shape index (κ2) is 8.14. The van der Waals surface area contributed by atoms with Crippen molar-refractivity contribution in [1.29, 1.82) is 0 Å². The maximum Gasteiger partial charge on any atom is 0.272 e. The van der Waals surface area contributed by atoms with Crippen LogP contribution in [0.3, 0.4) is 0 Å². The van der Waals surface area contributed by atoms with Gasteiger partial charge in [-0.2, -0.15) is 0 Å². The molecule has 1 fully saturated rings. The molecule has 144 valence electrons. The van der Waals surface area contributed by atoms with Crippen LogP contribution < -0.4 is 5.32 Å². The van der Waals surface area contributed by atoms with Crippen LogP contribution in [0.4, 0.5) is 10.8 Å². The normalized spacial score (nSPS) is 15.7. The molecule has 1 N–H and O–H groups in total. The number of anilines is 1. The zero-order chi connectivity index (χ0) is 19.6. The molecule has 0 radical (unpaired) electrons. The van der Waals surface area contributed by atoms with E-state index in [2.05, 4.69) is 22.1 Å². The van der Waals surface area contributed by atoms with Crippen LogP contribution in [0.2, 0.25) is 0 Å². The highest BCUT2D eigenvalue weighted by Crippen LogP contribution is 2.27. The van der Waals surface area contributed by atoms with Gasteiger partial charge in [-0.25, -0.2) is 4.98 Å². The van der Waals surface area contributed by atoms with Gasteiger partial charge in [0.15, 0.2) is 5.13 Å². The molecule has 0 atom stereocenters. The summed E-state index contributed by atoms with van der Waals surface area (Å²) in [5.41, 5.74) is 1.80. The molecule has 3 rings (SSSR count). The number of nitro benzene ring substituents is 1. The van der Waals surface area contributed by atoms with Crippen LogP contribution in [0.1, 0.15) is 46.3 Å². The van der Waals surface area contributed by atoms with Crippen LogP contribution in [0, 0.1) is 29.9 Å². The summed E-state index contributed by atoms with van der Waals surface area (Å²) in [6.45, 7) is 8.94. The molecule has 8 heteroatoms. The lowest BCUT2D eigenvalue weighted by molar-refractivity contribution is -0.385. The van der Waals surface area contributed by atoms with Crippen LogP contribution in [-0.4, -0.2) is 33.8 Å². The number of thiazole rings is 1. The fourth-order valence-electron chi connectivity index (χ4n) is 3.22. The van der Waals surface area contributed by atoms with Crippen molar-refractivity contribution in [3.63, 3.8) is 0 Å². The first-order valence-corrected chi connectivity index (χ1v) is 9.90. The third kappa shape index (κ3) is 4.70. The number of aromatic nitrogens is 1. The number of nitrogens with one attached hydrogen (secondary N) is 1. The fourth-order valence-corrected chi connectivity index (χ4v) is 4.22. The van der Waals surface area contributed by atoms with Crippen molar-refractivity contribution >= 4 is 28.1 Å². The average Bonchev–Trinajstić information content (AvgIpc) is 2.95. The van der Waals surface area contributed by atoms with E-state index < -0.39 is 4.92 Å². The Bertz CT molecular complexity index is 857. The molecule has 1 saturated heterocycles. The number of rotatable bonds is 5. The van der Waals surface area contributed by atoms with Crippen molar-refractivity contribution in [3.05, 3.63) is 50.0 Å². The van der Waals surface area contributed by atoms with Gasteiger partial charge in [0, 0.05) is 28.6 Å². The van der Waals surface area contributed by atoms with Crippen LogP contribution >= 0.6 is 11.3 Å². The molecule has 1 amide bonds. The number of hydrogen-bond acceptors (Lipinski definition) is 6. The maximum atomic E-state index is 12.5. The maximum absolute atomic E-state index is 12.5. The average molecular weight is 388 g/mol. The van der Waals surface area contributed by atoms with Gasteiger partial charge in [0.1, 0.15) is 0 Å². The topological polar surface area (TPSA) is 88.4 Å². The minimum Gasteiger partial charge on any atom is -0.298 e. The van der Waals surface area contributed by atoms with E-state index in [0.29, 0.717) is 16.3 Å². The van der Waals surface area contributed by atoms with E-state index in [1.165, 1.54) is 47.3 Å². The molecule has 1 aromatic carbocycles. The summed E-state index contributed by atoms with van der Waals surface area (Å²) in [4.78, 5) is 31.0. The molecular weight excluding hydrogens is 364 g/mol. The SMILES string of the molecule is Cc1cc(C(=O)Nc2nc(C)c(CN3CCC(C)CC3)s2)ccc1[N+](=O)[O-]. The first kappa shape index (κ1) is 19.4. The van der Waals surface area contributed by atoms with Crippen molar-refractivity contribution < 1.29 is 9.72 Å². The van der Waals surface area contributed by atoms with Gasteiger partial charge in [-0.05, 0) is 57.8 Å². The molecular formula is C19H24N4O3S. The Hall–Kier alpha value is -2.32. The molecule has 1 aliphatic heterocycles. The predicted molar refractivity (Wildman–Crippen MR) is 106 cm³/mol. The number of amides is 1. The monoisotopic (exact) mass is 388 g/mol. The van der Waals surface area contributed by atoms with Crippen molar-refractivity contribution in [1.82, 2.24) is 9.88 Å². The smallest absolute Gasteiger partial charge is 0.272 e. The lowest BCUT2D eigenvalue weighted by Crippen LogP contribution is -2.32. The third-order valence-electron chi connectivity index (χ3n) is 5.01. The Balaban J connectivity index is 1.66. The van der Waals surface area contributed by atoms with Gasteiger partial charge in [-0.15, -0.1) is 11.3 Å². The minimum atomic E-state index is -0.450. The molecule has 0 saturated carbocycles. The molecule has 7 nitrogen and oxygen atoms in total. The number of nitrogens with zero attached hydrogens (tertiary/aromatic N) is 3. The fraction of sp³-hybridized carbons (Fsp3) is 0.474. The Morgan fingerprint density at radius 3 is 2.70 bits per heavy atom. The van der Waals surface area contributed by atoms with Crippen molar-refractivity contribution in [2.75, 3.05) is 18.4 Å². The van der Waals surface area contributed by atoms with E-state index in [9.17, 15) is 14.9 Å². The quantitative estimate of drug-likeness (QED) is 0.614. The highest BCUT2D eigenvalue weighted by molar-refractivity contribution is 7.15. The third-order valence-corrected chi connectivity index (χ3v) is 6.07. The molecule has 1 aliphatic rings. The molecule has 0 spiro atoms. The van der Waals surface area contributed by atoms with Gasteiger partial charge in [0.2, 0.25) is 0 Å². The van der Waals surface area contributed by atoms with E-state index >= 15 is 0 Å². The van der Waals surface area contributed by atoms with Gasteiger partial charge < -0.3 is 0 Å². The molecule has 0 aliphatic carbocycles. The van der Waals surface area contributed by atoms with Gasteiger partial charge in [0.05, 0.1) is 10.6 Å². The lowest BCUT2D eigenvalue weighted by Gasteiger charge is -2.29. The van der Waals surface area contributed by atoms with Gasteiger partial charge in [0.25, 0.3) is 11.6 Å². The number of benzene rings is 1. The molecule has 27 heavy (non-hydrogen) atoms. The van der Waals surface area contributed by atoms with Crippen LogP contribution in [0.25, 0.3) is 0 Å². The minimum absolute atomic E-state index is 0.00905.